The summed E-state index contributed by atoms with van der Waals surface area (Å²) in [6.07, 6.45) is 0.937. The molecular weight excluding hydrogens is 376 g/mol. The maximum Gasteiger partial charge on any atom is 0.283 e. The zero-order valence-corrected chi connectivity index (χ0v) is 17.3. The second kappa shape index (κ2) is 8.93. The monoisotopic (exact) mass is 400 g/mol. The summed E-state index contributed by atoms with van der Waals surface area (Å²) >= 11 is 1.48. The zero-order chi connectivity index (χ0) is 20.1. The minimum atomic E-state index is -0.346. The van der Waals surface area contributed by atoms with Gasteiger partial charge in [0, 0.05) is 12.6 Å². The predicted octanol–water partition coefficient (Wildman–Crippen LogP) is 4.27. The number of aryl methyl sites for hydroxylation is 1. The molecule has 0 aliphatic heterocycles. The summed E-state index contributed by atoms with van der Waals surface area (Å²) in [5.74, 6) is 1.53. The highest BCUT2D eigenvalue weighted by Gasteiger charge is 2.14. The number of benzene rings is 2. The van der Waals surface area contributed by atoms with Gasteiger partial charge in [-0.05, 0) is 43.7 Å². The van der Waals surface area contributed by atoms with Gasteiger partial charge in [-0.1, -0.05) is 18.3 Å². The highest BCUT2D eigenvalue weighted by atomic mass is 32.1. The van der Waals surface area contributed by atoms with Crippen LogP contribution in [-0.4, -0.2) is 31.3 Å². The average molecular weight is 401 g/mol. The van der Waals surface area contributed by atoms with Crippen molar-refractivity contribution in [2.45, 2.75) is 26.8 Å². The molecule has 0 fully saturated rings. The highest BCUT2D eigenvalue weighted by Crippen LogP contribution is 2.26. The second-order valence-electron chi connectivity index (χ2n) is 6.08. The number of hydrogen-bond donors (Lipinski definition) is 0. The molecule has 0 spiro atoms. The fraction of sp³-hybridized carbons (Fsp3) is 0.333. The lowest BCUT2D eigenvalue weighted by Gasteiger charge is -2.07. The summed E-state index contributed by atoms with van der Waals surface area (Å²) in [4.78, 5) is 17.9. The number of ether oxygens (including phenoxy) is 3. The van der Waals surface area contributed by atoms with E-state index < -0.39 is 0 Å². The molecule has 0 saturated carbocycles. The molecule has 2 aromatic carbocycles. The third-order valence-corrected chi connectivity index (χ3v) is 5.29. The SMILES string of the molecule is CCCn1c(=NC(=O)c2ccc(OC)cc2OC)sc2cc(OCC)ccc21. The van der Waals surface area contributed by atoms with Crippen molar-refractivity contribution in [2.24, 2.45) is 4.99 Å². The Balaban J connectivity index is 2.09. The van der Waals surface area contributed by atoms with Gasteiger partial charge in [0.1, 0.15) is 17.2 Å². The molecule has 0 saturated heterocycles. The van der Waals surface area contributed by atoms with Crippen LogP contribution in [-0.2, 0) is 6.54 Å². The van der Waals surface area contributed by atoms with Crippen molar-refractivity contribution >= 4 is 27.5 Å². The van der Waals surface area contributed by atoms with Crippen LogP contribution in [0.5, 0.6) is 17.2 Å². The van der Waals surface area contributed by atoms with E-state index in [-0.39, 0.29) is 5.91 Å². The Labute approximate surface area is 168 Å². The number of rotatable bonds is 7. The quantitative estimate of drug-likeness (QED) is 0.594. The Morgan fingerprint density at radius 1 is 1.07 bits per heavy atom. The van der Waals surface area contributed by atoms with E-state index in [2.05, 4.69) is 16.5 Å². The standard InChI is InChI=1S/C21H24N2O4S/c1-5-11-23-17-10-8-15(27-6-2)13-19(17)28-21(23)22-20(24)16-9-7-14(25-3)12-18(16)26-4/h7-10,12-13H,5-6,11H2,1-4H3. The van der Waals surface area contributed by atoms with Crippen molar-refractivity contribution in [1.82, 2.24) is 4.57 Å². The van der Waals surface area contributed by atoms with Gasteiger partial charge in [-0.3, -0.25) is 4.79 Å². The molecule has 28 heavy (non-hydrogen) atoms. The maximum atomic E-state index is 12.9. The molecule has 0 aliphatic rings. The molecule has 0 aliphatic carbocycles. The van der Waals surface area contributed by atoms with Gasteiger partial charge in [0.05, 0.1) is 36.6 Å². The average Bonchev–Trinajstić information content (AvgIpc) is 3.04. The van der Waals surface area contributed by atoms with E-state index in [4.69, 9.17) is 14.2 Å². The van der Waals surface area contributed by atoms with Crippen molar-refractivity contribution in [1.29, 1.82) is 0 Å². The normalized spacial score (nSPS) is 11.6. The second-order valence-corrected chi connectivity index (χ2v) is 7.09. The lowest BCUT2D eigenvalue weighted by atomic mass is 10.2. The molecule has 3 aromatic rings. The lowest BCUT2D eigenvalue weighted by molar-refractivity contribution is 0.0995. The van der Waals surface area contributed by atoms with Gasteiger partial charge in [-0.2, -0.15) is 4.99 Å². The molecular formula is C21H24N2O4S. The summed E-state index contributed by atoms with van der Waals surface area (Å²) in [7, 11) is 3.10. The van der Waals surface area contributed by atoms with E-state index in [0.29, 0.717) is 28.5 Å². The van der Waals surface area contributed by atoms with Gasteiger partial charge in [-0.25, -0.2) is 0 Å². The molecule has 0 bridgehead atoms. The smallest absolute Gasteiger partial charge is 0.283 e. The van der Waals surface area contributed by atoms with Crippen LogP contribution in [0.25, 0.3) is 10.2 Å². The summed E-state index contributed by atoms with van der Waals surface area (Å²) in [6, 6.07) is 11.0. The van der Waals surface area contributed by atoms with E-state index >= 15 is 0 Å². The van der Waals surface area contributed by atoms with Gasteiger partial charge < -0.3 is 18.8 Å². The minimum Gasteiger partial charge on any atom is -0.497 e. The summed E-state index contributed by atoms with van der Waals surface area (Å²) in [6.45, 7) is 5.44. The molecule has 6 nitrogen and oxygen atoms in total. The van der Waals surface area contributed by atoms with Crippen LogP contribution in [0.3, 0.4) is 0 Å². The fourth-order valence-electron chi connectivity index (χ4n) is 2.96. The van der Waals surface area contributed by atoms with Crippen LogP contribution in [0.2, 0.25) is 0 Å². The molecule has 0 unspecified atom stereocenters. The number of amides is 1. The first-order valence-electron chi connectivity index (χ1n) is 9.18. The molecule has 0 radical (unpaired) electrons. The van der Waals surface area contributed by atoms with Crippen molar-refractivity contribution in [3.63, 3.8) is 0 Å². The molecule has 0 atom stereocenters. The molecule has 1 amide bonds. The summed E-state index contributed by atoms with van der Waals surface area (Å²) in [5.41, 5.74) is 1.45. The van der Waals surface area contributed by atoms with Gasteiger partial charge in [-0.15, -0.1) is 0 Å². The number of nitrogens with zero attached hydrogens (tertiary/aromatic N) is 2. The number of hydrogen-bond acceptors (Lipinski definition) is 5. The Morgan fingerprint density at radius 2 is 1.86 bits per heavy atom. The predicted molar refractivity (Wildman–Crippen MR) is 111 cm³/mol. The number of methoxy groups -OCH3 is 2. The van der Waals surface area contributed by atoms with E-state index in [1.54, 1.807) is 25.3 Å². The lowest BCUT2D eigenvalue weighted by Crippen LogP contribution is -2.17. The Hall–Kier alpha value is -2.80. The van der Waals surface area contributed by atoms with Crippen molar-refractivity contribution < 1.29 is 19.0 Å². The third kappa shape index (κ3) is 4.04. The van der Waals surface area contributed by atoms with Crippen molar-refractivity contribution in [3.05, 3.63) is 46.8 Å². The van der Waals surface area contributed by atoms with Crippen molar-refractivity contribution in [2.75, 3.05) is 20.8 Å². The van der Waals surface area contributed by atoms with Crippen LogP contribution < -0.4 is 19.0 Å². The van der Waals surface area contributed by atoms with E-state index in [1.807, 2.05) is 25.1 Å². The Morgan fingerprint density at radius 3 is 2.54 bits per heavy atom. The molecule has 7 heteroatoms. The number of fused-ring (bicyclic) bond motifs is 1. The molecule has 3 rings (SSSR count). The Bertz CT molecular complexity index is 1050. The molecule has 1 heterocycles. The molecule has 0 N–H and O–H groups in total. The van der Waals surface area contributed by atoms with Crippen LogP contribution >= 0.6 is 11.3 Å². The van der Waals surface area contributed by atoms with Gasteiger partial charge in [0.15, 0.2) is 4.80 Å². The first kappa shape index (κ1) is 19.9. The highest BCUT2D eigenvalue weighted by molar-refractivity contribution is 7.16. The Kier molecular flexibility index (Phi) is 6.36. The zero-order valence-electron chi connectivity index (χ0n) is 16.5. The van der Waals surface area contributed by atoms with E-state index in [1.165, 1.54) is 18.4 Å². The van der Waals surface area contributed by atoms with Crippen LogP contribution in [0.1, 0.15) is 30.6 Å². The topological polar surface area (TPSA) is 62.1 Å². The van der Waals surface area contributed by atoms with E-state index in [9.17, 15) is 4.79 Å². The number of thiazole rings is 1. The summed E-state index contributed by atoms with van der Waals surface area (Å²) < 4.78 is 19.2. The number of aromatic nitrogens is 1. The van der Waals surface area contributed by atoms with Crippen LogP contribution in [0.4, 0.5) is 0 Å². The summed E-state index contributed by atoms with van der Waals surface area (Å²) in [5, 5.41) is 0. The first-order chi connectivity index (χ1) is 13.6. The maximum absolute atomic E-state index is 12.9. The fourth-order valence-corrected chi connectivity index (χ4v) is 4.04. The third-order valence-electron chi connectivity index (χ3n) is 4.25. The largest absolute Gasteiger partial charge is 0.497 e. The van der Waals surface area contributed by atoms with Crippen LogP contribution in [0.15, 0.2) is 41.4 Å². The molecule has 148 valence electrons. The van der Waals surface area contributed by atoms with Gasteiger partial charge in [0.25, 0.3) is 5.91 Å². The van der Waals surface area contributed by atoms with E-state index in [0.717, 1.165) is 28.9 Å². The van der Waals surface area contributed by atoms with Crippen molar-refractivity contribution in [3.8, 4) is 17.2 Å². The van der Waals surface area contributed by atoms with Gasteiger partial charge in [0.2, 0.25) is 0 Å². The number of carbonyl (C=O) groups is 1. The van der Waals surface area contributed by atoms with Crippen LogP contribution in [0, 0.1) is 0 Å². The first-order valence-corrected chi connectivity index (χ1v) is 10.00. The number of carbonyl (C=O) groups excluding carboxylic acids is 1. The minimum absolute atomic E-state index is 0.346. The van der Waals surface area contributed by atoms with Gasteiger partial charge >= 0.3 is 0 Å². The molecule has 1 aromatic heterocycles.